The molecule has 3 rings (SSSR count). The van der Waals surface area contributed by atoms with Gasteiger partial charge in [-0.3, -0.25) is 0 Å². The van der Waals surface area contributed by atoms with E-state index in [4.69, 9.17) is 21.7 Å². The fourth-order valence-electron chi connectivity index (χ4n) is 3.49. The van der Waals surface area contributed by atoms with Crippen LogP contribution in [-0.4, -0.2) is 25.3 Å². The smallest absolute Gasteiger partial charge is 0.338 e. The van der Waals surface area contributed by atoms with E-state index in [1.807, 2.05) is 25.1 Å². The summed E-state index contributed by atoms with van der Waals surface area (Å²) in [6, 6.07) is 11.8. The van der Waals surface area contributed by atoms with Crippen molar-refractivity contribution in [1.29, 1.82) is 0 Å². The Morgan fingerprint density at radius 1 is 1.22 bits per heavy atom. The molecule has 0 radical (unpaired) electrons. The summed E-state index contributed by atoms with van der Waals surface area (Å²) in [6.45, 7) is 1.87. The summed E-state index contributed by atoms with van der Waals surface area (Å²) in [6.07, 6.45) is 3.16. The summed E-state index contributed by atoms with van der Waals surface area (Å²) in [5.74, 6) is 0.524. The highest BCUT2D eigenvalue weighted by atomic mass is 32.1. The lowest BCUT2D eigenvalue weighted by Crippen LogP contribution is -2.34. The second-order valence-corrected chi connectivity index (χ2v) is 6.99. The molecule has 1 aliphatic rings. The molecule has 0 saturated heterocycles. The number of carbonyl (C=O) groups excluding carboxylic acids is 1. The number of methoxy groups -OCH3 is 2. The van der Waals surface area contributed by atoms with Crippen LogP contribution in [0, 0.1) is 6.92 Å². The lowest BCUT2D eigenvalue weighted by Gasteiger charge is -2.28. The van der Waals surface area contributed by atoms with E-state index in [0.717, 1.165) is 36.3 Å². The lowest BCUT2D eigenvalue weighted by atomic mass is 9.87. The number of anilines is 1. The first-order valence-electron chi connectivity index (χ1n) is 8.95. The van der Waals surface area contributed by atoms with E-state index in [0.29, 0.717) is 10.7 Å². The van der Waals surface area contributed by atoms with Crippen LogP contribution in [0.1, 0.15) is 45.9 Å². The van der Waals surface area contributed by atoms with Crippen LogP contribution in [0.2, 0.25) is 0 Å². The van der Waals surface area contributed by atoms with Gasteiger partial charge in [-0.1, -0.05) is 12.1 Å². The Balaban J connectivity index is 1.74. The summed E-state index contributed by atoms with van der Waals surface area (Å²) in [4.78, 5) is 11.9. The van der Waals surface area contributed by atoms with Gasteiger partial charge in [0.1, 0.15) is 5.75 Å². The SMILES string of the molecule is COC(=O)c1cccc(NC(=S)NC2CCCc3cc(OC)ccc32)c1C. The number of aryl methyl sites for hydroxylation is 1. The molecule has 0 aromatic heterocycles. The molecule has 2 aromatic carbocycles. The number of benzene rings is 2. The van der Waals surface area contributed by atoms with Crippen LogP contribution in [0.4, 0.5) is 5.69 Å². The van der Waals surface area contributed by atoms with Gasteiger partial charge in [-0.2, -0.15) is 0 Å². The summed E-state index contributed by atoms with van der Waals surface area (Å²) < 4.78 is 10.2. The highest BCUT2D eigenvalue weighted by Crippen LogP contribution is 2.32. The van der Waals surface area contributed by atoms with Crippen LogP contribution in [-0.2, 0) is 11.2 Å². The standard InChI is InChI=1S/C21H24N2O3S/c1-13-16(20(24)26-3)7-5-8-18(13)22-21(27)23-19-9-4-6-14-12-15(25-2)10-11-17(14)19/h5,7-8,10-12,19H,4,6,9H2,1-3H3,(H2,22,23,27). The summed E-state index contributed by atoms with van der Waals surface area (Å²) in [5, 5.41) is 7.17. The molecule has 2 N–H and O–H groups in total. The first-order valence-corrected chi connectivity index (χ1v) is 9.36. The molecule has 0 spiro atoms. The molecule has 0 heterocycles. The predicted molar refractivity (Wildman–Crippen MR) is 111 cm³/mol. The summed E-state index contributed by atoms with van der Waals surface area (Å²) >= 11 is 5.53. The molecule has 0 fully saturated rings. The Labute approximate surface area is 165 Å². The van der Waals surface area contributed by atoms with E-state index in [1.165, 1.54) is 18.2 Å². The zero-order valence-electron chi connectivity index (χ0n) is 15.8. The van der Waals surface area contributed by atoms with Gasteiger partial charge in [-0.15, -0.1) is 0 Å². The third-order valence-corrected chi connectivity index (χ3v) is 5.18. The first kappa shape index (κ1) is 19.2. The maximum Gasteiger partial charge on any atom is 0.338 e. The maximum absolute atomic E-state index is 11.9. The molecular weight excluding hydrogens is 360 g/mol. The van der Waals surface area contributed by atoms with Crippen LogP contribution in [0.5, 0.6) is 5.75 Å². The van der Waals surface area contributed by atoms with Gasteiger partial charge in [-0.25, -0.2) is 4.79 Å². The second-order valence-electron chi connectivity index (χ2n) is 6.58. The van der Waals surface area contributed by atoms with E-state index in [1.54, 1.807) is 13.2 Å². The Bertz CT molecular complexity index is 867. The molecule has 6 heteroatoms. The molecule has 2 aromatic rings. The fraction of sp³-hybridized carbons (Fsp3) is 0.333. The van der Waals surface area contributed by atoms with E-state index < -0.39 is 0 Å². The van der Waals surface area contributed by atoms with Crippen molar-refractivity contribution in [1.82, 2.24) is 5.32 Å². The molecule has 142 valence electrons. The average Bonchev–Trinajstić information content (AvgIpc) is 2.68. The molecule has 27 heavy (non-hydrogen) atoms. The average molecular weight is 385 g/mol. The zero-order chi connectivity index (χ0) is 19.4. The Kier molecular flexibility index (Phi) is 5.96. The van der Waals surface area contributed by atoms with Crippen LogP contribution in [0.3, 0.4) is 0 Å². The van der Waals surface area contributed by atoms with Crippen molar-refractivity contribution in [2.75, 3.05) is 19.5 Å². The van der Waals surface area contributed by atoms with Gasteiger partial charge in [0, 0.05) is 5.69 Å². The lowest BCUT2D eigenvalue weighted by molar-refractivity contribution is 0.0600. The van der Waals surface area contributed by atoms with Crippen molar-refractivity contribution in [3.05, 3.63) is 58.7 Å². The third kappa shape index (κ3) is 4.22. The zero-order valence-corrected chi connectivity index (χ0v) is 16.6. The highest BCUT2D eigenvalue weighted by Gasteiger charge is 2.21. The van der Waals surface area contributed by atoms with Crippen molar-refractivity contribution in [2.45, 2.75) is 32.2 Å². The van der Waals surface area contributed by atoms with Crippen LogP contribution >= 0.6 is 12.2 Å². The fourth-order valence-corrected chi connectivity index (χ4v) is 3.74. The number of hydrogen-bond acceptors (Lipinski definition) is 4. The molecule has 1 atom stereocenters. The Hall–Kier alpha value is -2.60. The normalized spacial score (nSPS) is 15.4. The quantitative estimate of drug-likeness (QED) is 0.610. The highest BCUT2D eigenvalue weighted by molar-refractivity contribution is 7.80. The van der Waals surface area contributed by atoms with E-state index in [-0.39, 0.29) is 12.0 Å². The molecule has 0 aliphatic heterocycles. The number of thiocarbonyl (C=S) groups is 1. The van der Waals surface area contributed by atoms with Crippen molar-refractivity contribution >= 4 is 29.0 Å². The number of carbonyl (C=O) groups is 1. The van der Waals surface area contributed by atoms with E-state index in [9.17, 15) is 4.79 Å². The summed E-state index contributed by atoms with van der Waals surface area (Å²) in [5.41, 5.74) is 4.68. The van der Waals surface area contributed by atoms with E-state index in [2.05, 4.69) is 22.8 Å². The van der Waals surface area contributed by atoms with Gasteiger partial charge >= 0.3 is 5.97 Å². The molecule has 5 nitrogen and oxygen atoms in total. The molecule has 0 saturated carbocycles. The van der Waals surface area contributed by atoms with E-state index >= 15 is 0 Å². The number of ether oxygens (including phenoxy) is 2. The number of nitrogens with one attached hydrogen (secondary N) is 2. The minimum Gasteiger partial charge on any atom is -0.497 e. The molecular formula is C21H24N2O3S. The third-order valence-electron chi connectivity index (χ3n) is 4.96. The second kappa shape index (κ2) is 8.39. The number of hydrogen-bond donors (Lipinski definition) is 2. The number of rotatable bonds is 4. The van der Waals surface area contributed by atoms with Gasteiger partial charge in [-0.05, 0) is 79.4 Å². The number of fused-ring (bicyclic) bond motifs is 1. The summed E-state index contributed by atoms with van der Waals surface area (Å²) in [7, 11) is 3.06. The Morgan fingerprint density at radius 3 is 2.78 bits per heavy atom. The van der Waals surface area contributed by atoms with Crippen LogP contribution in [0.15, 0.2) is 36.4 Å². The van der Waals surface area contributed by atoms with Gasteiger partial charge < -0.3 is 20.1 Å². The van der Waals surface area contributed by atoms with Crippen LogP contribution < -0.4 is 15.4 Å². The van der Waals surface area contributed by atoms with Gasteiger partial charge in [0.05, 0.1) is 25.8 Å². The molecule has 1 aliphatic carbocycles. The number of esters is 1. The maximum atomic E-state index is 11.9. The van der Waals surface area contributed by atoms with Crippen LogP contribution in [0.25, 0.3) is 0 Å². The predicted octanol–water partition coefficient (Wildman–Crippen LogP) is 4.15. The minimum absolute atomic E-state index is 0.156. The Morgan fingerprint density at radius 2 is 2.04 bits per heavy atom. The first-order chi connectivity index (χ1) is 13.0. The minimum atomic E-state index is -0.356. The molecule has 0 amide bonds. The van der Waals surface area contributed by atoms with Gasteiger partial charge in [0.2, 0.25) is 0 Å². The topological polar surface area (TPSA) is 59.6 Å². The van der Waals surface area contributed by atoms with Gasteiger partial charge in [0.25, 0.3) is 0 Å². The van der Waals surface area contributed by atoms with Crippen molar-refractivity contribution in [2.24, 2.45) is 0 Å². The van der Waals surface area contributed by atoms with Crippen molar-refractivity contribution < 1.29 is 14.3 Å². The molecule has 0 bridgehead atoms. The largest absolute Gasteiger partial charge is 0.497 e. The van der Waals surface area contributed by atoms with Crippen molar-refractivity contribution in [3.8, 4) is 5.75 Å². The molecule has 1 unspecified atom stereocenters. The monoisotopic (exact) mass is 384 g/mol. The van der Waals surface area contributed by atoms with Crippen molar-refractivity contribution in [3.63, 3.8) is 0 Å². The van der Waals surface area contributed by atoms with Gasteiger partial charge in [0.15, 0.2) is 5.11 Å².